The molecule has 5 rings (SSSR count). The number of fused-ring (bicyclic) bond motifs is 3. The molecule has 0 spiro atoms. The van der Waals surface area contributed by atoms with Gasteiger partial charge in [-0.1, -0.05) is 154 Å². The monoisotopic (exact) mass is 855 g/mol. The van der Waals surface area contributed by atoms with E-state index in [4.69, 9.17) is 9.47 Å². The molecule has 2 aromatic carbocycles. The van der Waals surface area contributed by atoms with Crippen molar-refractivity contribution < 1.29 is 9.47 Å². The number of H-pyrrole nitrogens is 1. The number of benzene rings is 2. The molecule has 3 nitrogen and oxygen atoms in total. The summed E-state index contributed by atoms with van der Waals surface area (Å²) in [6.07, 6.45) is 26.6. The Bertz CT molecular complexity index is 1610. The van der Waals surface area contributed by atoms with Gasteiger partial charge in [-0.15, -0.1) is 22.7 Å². The van der Waals surface area contributed by atoms with Crippen LogP contribution in [0.25, 0.3) is 42.7 Å². The quantitative estimate of drug-likeness (QED) is 0.0562. The molecule has 3 aromatic heterocycles. The summed E-state index contributed by atoms with van der Waals surface area (Å²) in [4.78, 5) is 6.10. The maximum atomic E-state index is 6.36. The number of ether oxygens (including phenoxy) is 2. The summed E-state index contributed by atoms with van der Waals surface area (Å²) in [6.45, 7) is 6.11. The van der Waals surface area contributed by atoms with Gasteiger partial charge in [0, 0.05) is 33.9 Å². The van der Waals surface area contributed by atoms with E-state index < -0.39 is 0 Å². The van der Waals surface area contributed by atoms with E-state index in [0.29, 0.717) is 0 Å². The Balaban J connectivity index is 1.14. The van der Waals surface area contributed by atoms with Crippen LogP contribution in [0.3, 0.4) is 0 Å². The van der Waals surface area contributed by atoms with E-state index in [2.05, 4.69) is 99.2 Å². The molecule has 0 fully saturated rings. The molecular formula is C44H59Br2NO2S2. The number of nitrogens with one attached hydrogen (secondary N) is 1. The van der Waals surface area contributed by atoms with Crippen LogP contribution in [-0.4, -0.2) is 18.2 Å². The second-order valence-corrected chi connectivity index (χ2v) is 19.1. The van der Waals surface area contributed by atoms with E-state index in [-0.39, 0.29) is 0 Å². The summed E-state index contributed by atoms with van der Waals surface area (Å²) < 4.78 is 14.9. The number of hydrogen-bond donors (Lipinski definition) is 1. The molecule has 0 amide bonds. The second-order valence-electron chi connectivity index (χ2n) is 14.2. The van der Waals surface area contributed by atoms with Crippen molar-refractivity contribution >= 4 is 76.3 Å². The van der Waals surface area contributed by atoms with Crippen molar-refractivity contribution in [2.75, 3.05) is 13.2 Å². The van der Waals surface area contributed by atoms with Gasteiger partial charge in [-0.05, 0) is 68.0 Å². The van der Waals surface area contributed by atoms with Gasteiger partial charge in [-0.25, -0.2) is 0 Å². The van der Waals surface area contributed by atoms with E-state index in [9.17, 15) is 0 Å². The number of thiophene rings is 2. The third kappa shape index (κ3) is 12.6. The van der Waals surface area contributed by atoms with Crippen molar-refractivity contribution in [1.29, 1.82) is 0 Å². The number of aromatic amines is 1. The van der Waals surface area contributed by atoms with Crippen LogP contribution in [0.1, 0.15) is 142 Å². The maximum absolute atomic E-state index is 6.36. The topological polar surface area (TPSA) is 34.2 Å². The summed E-state index contributed by atoms with van der Waals surface area (Å²) in [6, 6.07) is 17.8. The molecule has 0 radical (unpaired) electrons. The first-order valence-corrected chi connectivity index (χ1v) is 23.2. The second kappa shape index (κ2) is 22.4. The number of rotatable bonds is 26. The highest BCUT2D eigenvalue weighted by atomic mass is 79.9. The van der Waals surface area contributed by atoms with Crippen molar-refractivity contribution in [3.8, 4) is 32.4 Å². The first kappa shape index (κ1) is 40.4. The molecule has 3 heterocycles. The van der Waals surface area contributed by atoms with Crippen molar-refractivity contribution in [3.63, 3.8) is 0 Å². The average molecular weight is 858 g/mol. The van der Waals surface area contributed by atoms with E-state index in [1.54, 1.807) is 22.7 Å². The Morgan fingerprint density at radius 3 is 1.20 bits per heavy atom. The lowest BCUT2D eigenvalue weighted by molar-refractivity contribution is 0.306. The van der Waals surface area contributed by atoms with Gasteiger partial charge in [0.05, 0.1) is 30.5 Å². The van der Waals surface area contributed by atoms with Gasteiger partial charge in [0.25, 0.3) is 0 Å². The van der Waals surface area contributed by atoms with E-state index in [0.717, 1.165) is 56.2 Å². The Hall–Kier alpha value is -1.80. The zero-order valence-electron chi connectivity index (χ0n) is 31.1. The third-order valence-corrected chi connectivity index (χ3v) is 13.3. The van der Waals surface area contributed by atoms with Crippen LogP contribution in [0, 0.1) is 0 Å². The molecule has 1 N–H and O–H groups in total. The summed E-state index contributed by atoms with van der Waals surface area (Å²) in [5.74, 6) is 1.96. The Kier molecular flexibility index (Phi) is 17.8. The molecule has 0 atom stereocenters. The first-order valence-electron chi connectivity index (χ1n) is 20.0. The molecule has 0 aliphatic rings. The van der Waals surface area contributed by atoms with E-state index in [1.165, 1.54) is 147 Å². The van der Waals surface area contributed by atoms with Crippen LogP contribution in [0.5, 0.6) is 11.5 Å². The summed E-state index contributed by atoms with van der Waals surface area (Å²) in [5.41, 5.74) is 4.67. The highest BCUT2D eigenvalue weighted by Gasteiger charge is 2.16. The Labute approximate surface area is 332 Å². The fraction of sp³-hybridized carbons (Fsp3) is 0.545. The lowest BCUT2D eigenvalue weighted by Gasteiger charge is -2.08. The molecular weight excluding hydrogens is 798 g/mol. The largest absolute Gasteiger partial charge is 0.492 e. The maximum Gasteiger partial charge on any atom is 0.139 e. The minimum absolute atomic E-state index is 0.772. The molecule has 7 heteroatoms. The van der Waals surface area contributed by atoms with Gasteiger partial charge in [0.2, 0.25) is 0 Å². The standard InChI is InChI=1S/C44H59Br2NO2S2/c1-3-5-7-9-11-13-15-17-19-21-27-48-39-31-41(45)50-43(39)33-23-25-35-36-26-24-34(30-38(36)47-37(35)29-33)44-40(32-42(46)51-44)49-28-22-20-18-16-14-12-10-8-6-4-2/h23-26,29-32,47H,3-22,27-28H2,1-2H3. The zero-order valence-corrected chi connectivity index (χ0v) is 35.9. The Morgan fingerprint density at radius 2 is 0.824 bits per heavy atom. The van der Waals surface area contributed by atoms with Crippen molar-refractivity contribution in [2.24, 2.45) is 0 Å². The number of aromatic nitrogens is 1. The van der Waals surface area contributed by atoms with E-state index in [1.807, 2.05) is 0 Å². The van der Waals surface area contributed by atoms with Crippen LogP contribution in [0.15, 0.2) is 56.1 Å². The van der Waals surface area contributed by atoms with Gasteiger partial charge >= 0.3 is 0 Å². The lowest BCUT2D eigenvalue weighted by atomic mass is 10.1. The van der Waals surface area contributed by atoms with Gasteiger partial charge in [-0.3, -0.25) is 0 Å². The SMILES string of the molecule is CCCCCCCCCCCCOc1cc(Br)sc1-c1ccc2c(c1)[nH]c1cc(-c3sc(Br)cc3OCCCCCCCCCCCC)ccc12. The number of unbranched alkanes of at least 4 members (excludes halogenated alkanes) is 18. The highest BCUT2D eigenvalue weighted by Crippen LogP contribution is 2.44. The van der Waals surface area contributed by atoms with E-state index >= 15 is 0 Å². The number of halogens is 2. The molecule has 5 aromatic rings. The molecule has 0 saturated heterocycles. The Morgan fingerprint density at radius 1 is 0.471 bits per heavy atom. The summed E-state index contributed by atoms with van der Waals surface area (Å²) >= 11 is 10.9. The smallest absolute Gasteiger partial charge is 0.139 e. The van der Waals surface area contributed by atoms with Gasteiger partial charge < -0.3 is 14.5 Å². The van der Waals surface area contributed by atoms with Crippen LogP contribution < -0.4 is 9.47 Å². The summed E-state index contributed by atoms with van der Waals surface area (Å²) in [7, 11) is 0. The van der Waals surface area contributed by atoms with Gasteiger partial charge in [-0.2, -0.15) is 0 Å². The molecule has 0 unspecified atom stereocenters. The molecule has 0 aliphatic heterocycles. The van der Waals surface area contributed by atoms with Crippen molar-refractivity contribution in [2.45, 2.75) is 142 Å². The fourth-order valence-electron chi connectivity index (χ4n) is 7.04. The van der Waals surface area contributed by atoms with Crippen LogP contribution in [0.2, 0.25) is 0 Å². The summed E-state index contributed by atoms with van der Waals surface area (Å²) in [5, 5.41) is 2.49. The molecule has 0 saturated carbocycles. The van der Waals surface area contributed by atoms with Crippen LogP contribution in [0.4, 0.5) is 0 Å². The molecule has 278 valence electrons. The molecule has 51 heavy (non-hydrogen) atoms. The predicted octanol–water partition coefficient (Wildman–Crippen LogP) is 16.9. The highest BCUT2D eigenvalue weighted by molar-refractivity contribution is 9.11. The minimum Gasteiger partial charge on any atom is -0.492 e. The van der Waals surface area contributed by atoms with Crippen molar-refractivity contribution in [1.82, 2.24) is 4.98 Å². The van der Waals surface area contributed by atoms with Crippen LogP contribution >= 0.6 is 54.5 Å². The van der Waals surface area contributed by atoms with Crippen LogP contribution in [-0.2, 0) is 0 Å². The number of hydrogen-bond acceptors (Lipinski definition) is 4. The lowest BCUT2D eigenvalue weighted by Crippen LogP contribution is -1.97. The fourth-order valence-corrected chi connectivity index (χ4v) is 10.1. The van der Waals surface area contributed by atoms with Crippen molar-refractivity contribution in [3.05, 3.63) is 56.1 Å². The zero-order chi connectivity index (χ0) is 35.7. The normalized spacial score (nSPS) is 11.7. The molecule has 0 aliphatic carbocycles. The third-order valence-electron chi connectivity index (χ3n) is 9.97. The minimum atomic E-state index is 0.772. The molecule has 0 bridgehead atoms. The van der Waals surface area contributed by atoms with Gasteiger partial charge in [0.15, 0.2) is 0 Å². The van der Waals surface area contributed by atoms with Gasteiger partial charge in [0.1, 0.15) is 11.5 Å². The first-order chi connectivity index (χ1) is 25.1. The average Bonchev–Trinajstić information content (AvgIpc) is 3.82. The predicted molar refractivity (Wildman–Crippen MR) is 233 cm³/mol.